The molecule has 0 spiro atoms. The fourth-order valence-corrected chi connectivity index (χ4v) is 3.00. The molecule has 1 aliphatic rings. The summed E-state index contributed by atoms with van der Waals surface area (Å²) in [6, 6.07) is 0. The maximum absolute atomic E-state index is 9.17. The van der Waals surface area contributed by atoms with Crippen molar-refractivity contribution in [2.24, 2.45) is 11.8 Å². The molecule has 0 saturated heterocycles. The SMILES string of the molecule is CCNC1(CCO)CCCC(C)C1C. The molecule has 0 aromatic carbocycles. The molecular weight excluding hydrogens is 174 g/mol. The fourth-order valence-electron chi connectivity index (χ4n) is 3.00. The molecule has 2 heteroatoms. The van der Waals surface area contributed by atoms with E-state index in [4.69, 9.17) is 0 Å². The van der Waals surface area contributed by atoms with E-state index < -0.39 is 0 Å². The van der Waals surface area contributed by atoms with E-state index in [1.807, 2.05) is 0 Å². The third-order valence-corrected chi connectivity index (χ3v) is 4.09. The van der Waals surface area contributed by atoms with Crippen molar-refractivity contribution in [3.8, 4) is 0 Å². The minimum atomic E-state index is 0.209. The van der Waals surface area contributed by atoms with Crippen LogP contribution in [0.25, 0.3) is 0 Å². The third-order valence-electron chi connectivity index (χ3n) is 4.09. The number of hydrogen-bond acceptors (Lipinski definition) is 2. The Morgan fingerprint density at radius 1 is 1.43 bits per heavy atom. The zero-order chi connectivity index (χ0) is 10.6. The summed E-state index contributed by atoms with van der Waals surface area (Å²) in [5.74, 6) is 1.47. The molecule has 1 rings (SSSR count). The first-order valence-electron chi connectivity index (χ1n) is 6.02. The Labute approximate surface area is 88.1 Å². The van der Waals surface area contributed by atoms with Gasteiger partial charge >= 0.3 is 0 Å². The molecule has 0 bridgehead atoms. The predicted molar refractivity (Wildman–Crippen MR) is 60.3 cm³/mol. The van der Waals surface area contributed by atoms with Gasteiger partial charge in [-0.2, -0.15) is 0 Å². The van der Waals surface area contributed by atoms with Crippen molar-refractivity contribution >= 4 is 0 Å². The highest BCUT2D eigenvalue weighted by Crippen LogP contribution is 2.39. The van der Waals surface area contributed by atoms with E-state index in [9.17, 15) is 5.11 Å². The first-order chi connectivity index (χ1) is 6.66. The number of aliphatic hydroxyl groups excluding tert-OH is 1. The summed E-state index contributed by atoms with van der Waals surface area (Å²) >= 11 is 0. The van der Waals surface area contributed by atoms with E-state index in [1.54, 1.807) is 0 Å². The summed E-state index contributed by atoms with van der Waals surface area (Å²) in [6.07, 6.45) is 4.79. The van der Waals surface area contributed by atoms with Crippen LogP contribution in [0.3, 0.4) is 0 Å². The summed E-state index contributed by atoms with van der Waals surface area (Å²) in [4.78, 5) is 0. The molecule has 0 aliphatic heterocycles. The molecule has 3 atom stereocenters. The topological polar surface area (TPSA) is 32.3 Å². The third kappa shape index (κ3) is 2.29. The van der Waals surface area contributed by atoms with Crippen LogP contribution in [0.2, 0.25) is 0 Å². The molecule has 84 valence electrons. The molecule has 14 heavy (non-hydrogen) atoms. The second-order valence-corrected chi connectivity index (χ2v) is 4.82. The zero-order valence-corrected chi connectivity index (χ0v) is 9.84. The lowest BCUT2D eigenvalue weighted by Gasteiger charge is -2.46. The molecule has 1 aliphatic carbocycles. The van der Waals surface area contributed by atoms with Gasteiger partial charge in [-0.1, -0.05) is 33.6 Å². The average Bonchev–Trinajstić information content (AvgIpc) is 2.15. The molecular formula is C12H25NO. The van der Waals surface area contributed by atoms with Gasteiger partial charge in [0.25, 0.3) is 0 Å². The monoisotopic (exact) mass is 199 g/mol. The van der Waals surface area contributed by atoms with Crippen molar-refractivity contribution in [1.82, 2.24) is 5.32 Å². The largest absolute Gasteiger partial charge is 0.396 e. The maximum atomic E-state index is 9.17. The van der Waals surface area contributed by atoms with Crippen LogP contribution >= 0.6 is 0 Å². The summed E-state index contributed by atoms with van der Waals surface area (Å²) in [5, 5.41) is 12.8. The van der Waals surface area contributed by atoms with Crippen molar-refractivity contribution in [3.05, 3.63) is 0 Å². The number of aliphatic hydroxyl groups is 1. The molecule has 3 unspecified atom stereocenters. The normalized spacial score (nSPS) is 38.6. The average molecular weight is 199 g/mol. The second kappa shape index (κ2) is 5.13. The number of nitrogens with one attached hydrogen (secondary N) is 1. The van der Waals surface area contributed by atoms with Gasteiger partial charge in [0, 0.05) is 12.1 Å². The Balaban J connectivity index is 2.71. The molecule has 0 amide bonds. The first kappa shape index (κ1) is 12.0. The van der Waals surface area contributed by atoms with E-state index in [0.717, 1.165) is 18.9 Å². The van der Waals surface area contributed by atoms with E-state index in [2.05, 4.69) is 26.1 Å². The molecule has 2 nitrogen and oxygen atoms in total. The first-order valence-corrected chi connectivity index (χ1v) is 6.02. The van der Waals surface area contributed by atoms with Crippen molar-refractivity contribution in [2.75, 3.05) is 13.2 Å². The van der Waals surface area contributed by atoms with Crippen molar-refractivity contribution in [3.63, 3.8) is 0 Å². The lowest BCUT2D eigenvalue weighted by Crippen LogP contribution is -2.54. The Bertz CT molecular complexity index is 158. The summed E-state index contributed by atoms with van der Waals surface area (Å²) in [6.45, 7) is 8.15. The molecule has 0 aromatic heterocycles. The van der Waals surface area contributed by atoms with Crippen LogP contribution in [-0.4, -0.2) is 23.8 Å². The Morgan fingerprint density at radius 3 is 2.71 bits per heavy atom. The Kier molecular flexibility index (Phi) is 4.39. The van der Waals surface area contributed by atoms with Gasteiger partial charge in [0.2, 0.25) is 0 Å². The Hall–Kier alpha value is -0.0800. The van der Waals surface area contributed by atoms with Crippen LogP contribution < -0.4 is 5.32 Å². The smallest absolute Gasteiger partial charge is 0.0448 e. The van der Waals surface area contributed by atoms with Gasteiger partial charge in [-0.25, -0.2) is 0 Å². The van der Waals surface area contributed by atoms with Crippen molar-refractivity contribution < 1.29 is 5.11 Å². The van der Waals surface area contributed by atoms with Crippen LogP contribution in [0.15, 0.2) is 0 Å². The summed E-state index contributed by atoms with van der Waals surface area (Å²) in [5.41, 5.74) is 0.209. The van der Waals surface area contributed by atoms with Crippen LogP contribution in [0, 0.1) is 11.8 Å². The standard InChI is InChI=1S/C12H25NO/c1-4-13-12(8-9-14)7-5-6-10(2)11(12)3/h10-11,13-14H,4-9H2,1-3H3. The van der Waals surface area contributed by atoms with Gasteiger partial charge in [0.05, 0.1) is 0 Å². The van der Waals surface area contributed by atoms with Gasteiger partial charge in [0.1, 0.15) is 0 Å². The van der Waals surface area contributed by atoms with Crippen molar-refractivity contribution in [1.29, 1.82) is 0 Å². The zero-order valence-electron chi connectivity index (χ0n) is 9.84. The molecule has 1 saturated carbocycles. The molecule has 1 fully saturated rings. The highest BCUT2D eigenvalue weighted by molar-refractivity contribution is 4.97. The summed E-state index contributed by atoms with van der Waals surface area (Å²) in [7, 11) is 0. The van der Waals surface area contributed by atoms with Gasteiger partial charge in [0.15, 0.2) is 0 Å². The highest BCUT2D eigenvalue weighted by Gasteiger charge is 2.39. The van der Waals surface area contributed by atoms with E-state index in [1.165, 1.54) is 19.3 Å². The number of hydrogen-bond donors (Lipinski definition) is 2. The van der Waals surface area contributed by atoms with E-state index in [0.29, 0.717) is 12.5 Å². The van der Waals surface area contributed by atoms with Gasteiger partial charge in [-0.05, 0) is 31.2 Å². The second-order valence-electron chi connectivity index (χ2n) is 4.82. The molecule has 0 aromatic rings. The van der Waals surface area contributed by atoms with E-state index in [-0.39, 0.29) is 5.54 Å². The minimum absolute atomic E-state index is 0.209. The highest BCUT2D eigenvalue weighted by atomic mass is 16.3. The number of rotatable bonds is 4. The van der Waals surface area contributed by atoms with Gasteiger partial charge < -0.3 is 10.4 Å². The predicted octanol–water partition coefficient (Wildman–Crippen LogP) is 2.17. The van der Waals surface area contributed by atoms with Crippen molar-refractivity contribution in [2.45, 2.75) is 52.0 Å². The van der Waals surface area contributed by atoms with Crippen LogP contribution in [-0.2, 0) is 0 Å². The fraction of sp³-hybridized carbons (Fsp3) is 1.00. The summed E-state index contributed by atoms with van der Waals surface area (Å²) < 4.78 is 0. The molecule has 0 heterocycles. The molecule has 0 radical (unpaired) electrons. The maximum Gasteiger partial charge on any atom is 0.0448 e. The van der Waals surface area contributed by atoms with Crippen LogP contribution in [0.1, 0.15) is 46.5 Å². The minimum Gasteiger partial charge on any atom is -0.396 e. The van der Waals surface area contributed by atoms with Crippen LogP contribution in [0.4, 0.5) is 0 Å². The quantitative estimate of drug-likeness (QED) is 0.727. The molecule has 2 N–H and O–H groups in total. The van der Waals surface area contributed by atoms with Gasteiger partial charge in [-0.15, -0.1) is 0 Å². The Morgan fingerprint density at radius 2 is 2.14 bits per heavy atom. The van der Waals surface area contributed by atoms with Gasteiger partial charge in [-0.3, -0.25) is 0 Å². The lowest BCUT2D eigenvalue weighted by molar-refractivity contribution is 0.0781. The van der Waals surface area contributed by atoms with E-state index >= 15 is 0 Å². The van der Waals surface area contributed by atoms with Crippen LogP contribution in [0.5, 0.6) is 0 Å². The lowest BCUT2D eigenvalue weighted by atomic mass is 9.67.